The van der Waals surface area contributed by atoms with E-state index in [1.807, 2.05) is 24.3 Å². The molecule has 0 bridgehead atoms. The molecule has 2 heterocycles. The van der Waals surface area contributed by atoms with Gasteiger partial charge in [0.05, 0.1) is 19.1 Å². The molecule has 2 aromatic rings. The molecule has 0 fully saturated rings. The number of benzene rings is 1. The number of anilines is 1. The summed E-state index contributed by atoms with van der Waals surface area (Å²) in [5, 5.41) is 4.45. The average Bonchev–Trinajstić information content (AvgIpc) is 2.76. The Balaban J connectivity index is 2.31. The van der Waals surface area contributed by atoms with Crippen molar-refractivity contribution in [2.45, 2.75) is 0 Å². The summed E-state index contributed by atoms with van der Waals surface area (Å²) in [7, 11) is 1.69. The van der Waals surface area contributed by atoms with E-state index in [0.29, 0.717) is 0 Å². The largest absolute Gasteiger partial charge is 0.496 e. The van der Waals surface area contributed by atoms with Crippen LogP contribution in [-0.4, -0.2) is 13.7 Å². The van der Waals surface area contributed by atoms with Gasteiger partial charge in [-0.3, -0.25) is 0 Å². The molecule has 0 aliphatic carbocycles. The highest BCUT2D eigenvalue weighted by Gasteiger charge is 2.16. The van der Waals surface area contributed by atoms with Crippen LogP contribution in [-0.2, 0) is 4.74 Å². The Morgan fingerprint density at radius 1 is 1.33 bits per heavy atom. The standard InChI is InChI=1S/C12H11NO2/c1-14-10-4-6-13-12-8(10)2-3-11-9(12)5-7-15-11/h2-5,7,13H,6H2,1H3. The van der Waals surface area contributed by atoms with Crippen LogP contribution in [0.5, 0.6) is 0 Å². The van der Waals surface area contributed by atoms with Gasteiger partial charge in [0, 0.05) is 17.5 Å². The van der Waals surface area contributed by atoms with Crippen molar-refractivity contribution >= 4 is 22.4 Å². The van der Waals surface area contributed by atoms with Gasteiger partial charge < -0.3 is 14.5 Å². The van der Waals surface area contributed by atoms with Crippen LogP contribution in [0.25, 0.3) is 16.7 Å². The first-order valence-corrected chi connectivity index (χ1v) is 4.89. The van der Waals surface area contributed by atoms with E-state index in [1.165, 1.54) is 0 Å². The first kappa shape index (κ1) is 8.41. The predicted molar refractivity (Wildman–Crippen MR) is 59.7 cm³/mol. The van der Waals surface area contributed by atoms with Gasteiger partial charge in [-0.15, -0.1) is 0 Å². The molecular formula is C12H11NO2. The van der Waals surface area contributed by atoms with Crippen LogP contribution in [0.15, 0.2) is 35.0 Å². The first-order chi connectivity index (χ1) is 7.40. The number of methoxy groups -OCH3 is 1. The summed E-state index contributed by atoms with van der Waals surface area (Å²) in [6, 6.07) is 5.95. The minimum absolute atomic E-state index is 0.792. The third-order valence-electron chi connectivity index (χ3n) is 2.69. The lowest BCUT2D eigenvalue weighted by Gasteiger charge is -2.18. The second-order valence-electron chi connectivity index (χ2n) is 3.47. The molecule has 3 rings (SSSR count). The van der Waals surface area contributed by atoms with E-state index in [-0.39, 0.29) is 0 Å². The molecule has 0 radical (unpaired) electrons. The molecule has 1 aromatic carbocycles. The zero-order valence-corrected chi connectivity index (χ0v) is 8.41. The van der Waals surface area contributed by atoms with E-state index in [9.17, 15) is 0 Å². The molecule has 3 nitrogen and oxygen atoms in total. The van der Waals surface area contributed by atoms with Crippen molar-refractivity contribution < 1.29 is 9.15 Å². The second kappa shape index (κ2) is 3.05. The number of rotatable bonds is 1. The summed E-state index contributed by atoms with van der Waals surface area (Å²) in [4.78, 5) is 0. The van der Waals surface area contributed by atoms with Crippen molar-refractivity contribution in [2.75, 3.05) is 19.0 Å². The van der Waals surface area contributed by atoms with E-state index >= 15 is 0 Å². The zero-order chi connectivity index (χ0) is 10.3. The molecule has 0 atom stereocenters. The average molecular weight is 201 g/mol. The third kappa shape index (κ3) is 1.13. The maximum atomic E-state index is 5.35. The van der Waals surface area contributed by atoms with E-state index in [4.69, 9.17) is 9.15 Å². The summed E-state index contributed by atoms with van der Waals surface area (Å²) in [5.74, 6) is 0.923. The fourth-order valence-electron chi connectivity index (χ4n) is 1.99. The van der Waals surface area contributed by atoms with Crippen LogP contribution in [0.4, 0.5) is 5.69 Å². The minimum atomic E-state index is 0.792. The topological polar surface area (TPSA) is 34.4 Å². The predicted octanol–water partition coefficient (Wildman–Crippen LogP) is 2.85. The van der Waals surface area contributed by atoms with Crippen LogP contribution in [0.1, 0.15) is 5.56 Å². The molecule has 1 aliphatic rings. The molecule has 0 unspecified atom stereocenters. The fourth-order valence-corrected chi connectivity index (χ4v) is 1.99. The van der Waals surface area contributed by atoms with Gasteiger partial charge in [0.1, 0.15) is 11.3 Å². The van der Waals surface area contributed by atoms with Crippen LogP contribution in [0.2, 0.25) is 0 Å². The summed E-state index contributed by atoms with van der Waals surface area (Å²) in [6.45, 7) is 0.792. The van der Waals surface area contributed by atoms with Gasteiger partial charge >= 0.3 is 0 Å². The molecule has 0 spiro atoms. The van der Waals surface area contributed by atoms with Crippen molar-refractivity contribution in [3.8, 4) is 0 Å². The van der Waals surface area contributed by atoms with E-state index in [2.05, 4.69) is 5.32 Å². The highest BCUT2D eigenvalue weighted by molar-refractivity contribution is 5.97. The smallest absolute Gasteiger partial charge is 0.135 e. The number of nitrogens with one attached hydrogen (secondary N) is 1. The quantitative estimate of drug-likeness (QED) is 0.770. The lowest BCUT2D eigenvalue weighted by molar-refractivity contribution is 0.369. The van der Waals surface area contributed by atoms with E-state index in [0.717, 1.165) is 34.5 Å². The monoisotopic (exact) mass is 201 g/mol. The van der Waals surface area contributed by atoms with Gasteiger partial charge in [0.25, 0.3) is 0 Å². The summed E-state index contributed by atoms with van der Waals surface area (Å²) in [6.07, 6.45) is 3.74. The fraction of sp³-hybridized carbons (Fsp3) is 0.167. The molecule has 0 saturated carbocycles. The number of fused-ring (bicyclic) bond motifs is 3. The Hall–Kier alpha value is -1.90. The van der Waals surface area contributed by atoms with E-state index in [1.54, 1.807) is 13.4 Å². The Morgan fingerprint density at radius 2 is 2.27 bits per heavy atom. The van der Waals surface area contributed by atoms with Gasteiger partial charge in [-0.05, 0) is 24.3 Å². The van der Waals surface area contributed by atoms with Crippen molar-refractivity contribution in [3.63, 3.8) is 0 Å². The number of hydrogen-bond acceptors (Lipinski definition) is 3. The number of ether oxygens (including phenoxy) is 1. The van der Waals surface area contributed by atoms with Crippen LogP contribution < -0.4 is 5.32 Å². The molecule has 1 N–H and O–H groups in total. The Morgan fingerprint density at radius 3 is 3.13 bits per heavy atom. The van der Waals surface area contributed by atoms with E-state index < -0.39 is 0 Å². The van der Waals surface area contributed by atoms with Crippen molar-refractivity contribution in [1.82, 2.24) is 0 Å². The Labute approximate surface area is 87.3 Å². The number of furan rings is 1. The van der Waals surface area contributed by atoms with Crippen LogP contribution in [0.3, 0.4) is 0 Å². The molecule has 1 aromatic heterocycles. The molecule has 0 amide bonds. The molecule has 0 saturated heterocycles. The second-order valence-corrected chi connectivity index (χ2v) is 3.47. The van der Waals surface area contributed by atoms with Gasteiger partial charge in [0.15, 0.2) is 0 Å². The molecular weight excluding hydrogens is 190 g/mol. The summed E-state index contributed by atoms with van der Waals surface area (Å²) < 4.78 is 10.7. The number of hydrogen-bond donors (Lipinski definition) is 1. The van der Waals surface area contributed by atoms with Crippen molar-refractivity contribution in [2.24, 2.45) is 0 Å². The minimum Gasteiger partial charge on any atom is -0.496 e. The van der Waals surface area contributed by atoms with Gasteiger partial charge in [-0.2, -0.15) is 0 Å². The Bertz CT molecular complexity index is 540. The lowest BCUT2D eigenvalue weighted by Crippen LogP contribution is -2.08. The maximum Gasteiger partial charge on any atom is 0.135 e. The molecule has 1 aliphatic heterocycles. The highest BCUT2D eigenvalue weighted by Crippen LogP contribution is 2.34. The molecule has 3 heteroatoms. The maximum absolute atomic E-state index is 5.35. The van der Waals surface area contributed by atoms with Crippen LogP contribution in [0, 0.1) is 0 Å². The SMILES string of the molecule is COC1=CCNc2c1ccc1occc21. The van der Waals surface area contributed by atoms with Crippen molar-refractivity contribution in [3.05, 3.63) is 36.1 Å². The van der Waals surface area contributed by atoms with Gasteiger partial charge in [-0.1, -0.05) is 0 Å². The lowest BCUT2D eigenvalue weighted by atomic mass is 10.0. The zero-order valence-electron chi connectivity index (χ0n) is 8.41. The van der Waals surface area contributed by atoms with Crippen LogP contribution >= 0.6 is 0 Å². The highest BCUT2D eigenvalue weighted by atomic mass is 16.5. The van der Waals surface area contributed by atoms with Crippen molar-refractivity contribution in [1.29, 1.82) is 0 Å². The van der Waals surface area contributed by atoms with Gasteiger partial charge in [0.2, 0.25) is 0 Å². The van der Waals surface area contributed by atoms with Gasteiger partial charge in [-0.25, -0.2) is 0 Å². The molecule has 15 heavy (non-hydrogen) atoms. The first-order valence-electron chi connectivity index (χ1n) is 4.89. The third-order valence-corrected chi connectivity index (χ3v) is 2.69. The summed E-state index contributed by atoms with van der Waals surface area (Å²) >= 11 is 0. The Kier molecular flexibility index (Phi) is 1.71. The summed E-state index contributed by atoms with van der Waals surface area (Å²) in [5.41, 5.74) is 3.09. The molecule has 76 valence electrons. The normalized spacial score (nSPS) is 14.3.